The Morgan fingerprint density at radius 2 is 1.60 bits per heavy atom. The van der Waals surface area contributed by atoms with Crippen LogP contribution in [-0.2, 0) is 20.4 Å². The summed E-state index contributed by atoms with van der Waals surface area (Å²) in [5.74, 6) is -1.44. The Balaban J connectivity index is 2.10. The van der Waals surface area contributed by atoms with Crippen LogP contribution in [0.1, 0.15) is 24.1 Å². The van der Waals surface area contributed by atoms with E-state index < -0.39 is 21.5 Å². The number of sulfone groups is 1. The standard InChI is InChI=1S/C18H19Cl2NO3S/c1-13(14-7-4-3-5-8-14)21(2)18(22)12-25(23,24)11-15-16(19)9-6-10-17(15)20/h3-10,13H,11-12H2,1-2H3/t13-/m0/s1. The Morgan fingerprint density at radius 3 is 2.16 bits per heavy atom. The molecule has 0 fully saturated rings. The molecule has 4 nitrogen and oxygen atoms in total. The zero-order chi connectivity index (χ0) is 18.6. The Labute approximate surface area is 158 Å². The van der Waals surface area contributed by atoms with Gasteiger partial charge in [-0.25, -0.2) is 8.42 Å². The molecule has 1 amide bonds. The molecule has 0 spiro atoms. The summed E-state index contributed by atoms with van der Waals surface area (Å²) in [5, 5.41) is 0.545. The average molecular weight is 400 g/mol. The van der Waals surface area contributed by atoms with Crippen LogP contribution in [0.2, 0.25) is 10.0 Å². The molecule has 134 valence electrons. The number of carbonyl (C=O) groups is 1. The Bertz CT molecular complexity index is 834. The first kappa shape index (κ1) is 19.8. The summed E-state index contributed by atoms with van der Waals surface area (Å²) in [5.41, 5.74) is 1.25. The van der Waals surface area contributed by atoms with E-state index in [9.17, 15) is 13.2 Å². The zero-order valence-corrected chi connectivity index (χ0v) is 16.3. The van der Waals surface area contributed by atoms with Crippen molar-refractivity contribution in [3.63, 3.8) is 0 Å². The average Bonchev–Trinajstić information content (AvgIpc) is 2.57. The van der Waals surface area contributed by atoms with Gasteiger partial charge in [-0.3, -0.25) is 4.79 Å². The van der Waals surface area contributed by atoms with Gasteiger partial charge in [0.25, 0.3) is 0 Å². The third-order valence-electron chi connectivity index (χ3n) is 4.03. The number of benzene rings is 2. The van der Waals surface area contributed by atoms with Crippen molar-refractivity contribution in [1.82, 2.24) is 4.90 Å². The zero-order valence-electron chi connectivity index (χ0n) is 13.9. The predicted octanol–water partition coefficient (Wildman–Crippen LogP) is 4.13. The normalized spacial score (nSPS) is 12.6. The lowest BCUT2D eigenvalue weighted by atomic mass is 10.1. The summed E-state index contributed by atoms with van der Waals surface area (Å²) in [6.45, 7) is 1.85. The fraction of sp³-hybridized carbons (Fsp3) is 0.278. The first-order valence-corrected chi connectivity index (χ1v) is 10.2. The van der Waals surface area contributed by atoms with Gasteiger partial charge < -0.3 is 4.90 Å². The maximum atomic E-state index is 12.4. The Hall–Kier alpha value is -1.56. The van der Waals surface area contributed by atoms with Crippen LogP contribution in [0.3, 0.4) is 0 Å². The maximum Gasteiger partial charge on any atom is 0.238 e. The molecule has 0 aromatic heterocycles. The van der Waals surface area contributed by atoms with Gasteiger partial charge in [0.15, 0.2) is 9.84 Å². The van der Waals surface area contributed by atoms with Gasteiger partial charge in [-0.1, -0.05) is 59.6 Å². The highest BCUT2D eigenvalue weighted by atomic mass is 35.5. The summed E-state index contributed by atoms with van der Waals surface area (Å²) in [6.07, 6.45) is 0. The van der Waals surface area contributed by atoms with Crippen molar-refractivity contribution in [3.8, 4) is 0 Å². The Morgan fingerprint density at radius 1 is 1.04 bits per heavy atom. The van der Waals surface area contributed by atoms with Crippen LogP contribution in [0.5, 0.6) is 0 Å². The third-order valence-corrected chi connectivity index (χ3v) is 6.15. The van der Waals surface area contributed by atoms with Crippen LogP contribution in [0, 0.1) is 0 Å². The number of carbonyl (C=O) groups excluding carboxylic acids is 1. The van der Waals surface area contributed by atoms with Crippen molar-refractivity contribution >= 4 is 38.9 Å². The molecule has 25 heavy (non-hydrogen) atoms. The summed E-state index contributed by atoms with van der Waals surface area (Å²) in [7, 11) is -2.10. The van der Waals surface area contributed by atoms with E-state index in [-0.39, 0.29) is 21.8 Å². The van der Waals surface area contributed by atoms with Crippen LogP contribution >= 0.6 is 23.2 Å². The predicted molar refractivity (Wildman–Crippen MR) is 102 cm³/mol. The molecule has 2 rings (SSSR count). The lowest BCUT2D eigenvalue weighted by Crippen LogP contribution is -2.35. The van der Waals surface area contributed by atoms with E-state index in [1.165, 1.54) is 4.90 Å². The molecule has 0 bridgehead atoms. The SMILES string of the molecule is C[C@@H](c1ccccc1)N(C)C(=O)CS(=O)(=O)Cc1c(Cl)cccc1Cl. The molecule has 2 aromatic rings. The number of rotatable bonds is 6. The fourth-order valence-corrected chi connectivity index (χ4v) is 4.52. The summed E-state index contributed by atoms with van der Waals surface area (Å²) >= 11 is 12.0. The first-order valence-electron chi connectivity index (χ1n) is 7.65. The minimum atomic E-state index is -3.70. The second-order valence-corrected chi connectivity index (χ2v) is 8.70. The van der Waals surface area contributed by atoms with Crippen molar-refractivity contribution in [2.45, 2.75) is 18.7 Å². The van der Waals surface area contributed by atoms with Gasteiger partial charge in [-0.05, 0) is 24.6 Å². The number of hydrogen-bond donors (Lipinski definition) is 0. The van der Waals surface area contributed by atoms with Gasteiger partial charge >= 0.3 is 0 Å². The molecule has 0 saturated carbocycles. The van der Waals surface area contributed by atoms with Crippen LogP contribution in [0.25, 0.3) is 0 Å². The van der Waals surface area contributed by atoms with Gasteiger partial charge in [-0.2, -0.15) is 0 Å². The van der Waals surface area contributed by atoms with Gasteiger partial charge in [0.1, 0.15) is 5.75 Å². The maximum absolute atomic E-state index is 12.4. The molecule has 0 aliphatic rings. The fourth-order valence-electron chi connectivity index (χ4n) is 2.40. The molecule has 0 saturated heterocycles. The summed E-state index contributed by atoms with van der Waals surface area (Å²) in [4.78, 5) is 13.8. The van der Waals surface area contributed by atoms with Crippen LogP contribution in [-0.4, -0.2) is 32.0 Å². The minimum Gasteiger partial charge on any atom is -0.338 e. The van der Waals surface area contributed by atoms with E-state index in [0.29, 0.717) is 5.56 Å². The minimum absolute atomic E-state index is 0.229. The second kappa shape index (κ2) is 8.21. The van der Waals surface area contributed by atoms with Crippen molar-refractivity contribution in [1.29, 1.82) is 0 Å². The van der Waals surface area contributed by atoms with Crippen LogP contribution in [0.4, 0.5) is 0 Å². The van der Waals surface area contributed by atoms with E-state index in [1.54, 1.807) is 25.2 Å². The van der Waals surface area contributed by atoms with E-state index in [2.05, 4.69) is 0 Å². The van der Waals surface area contributed by atoms with Crippen molar-refractivity contribution < 1.29 is 13.2 Å². The molecule has 7 heteroatoms. The Kier molecular flexibility index (Phi) is 6.49. The molecule has 2 aromatic carbocycles. The van der Waals surface area contributed by atoms with E-state index in [0.717, 1.165) is 5.56 Å². The first-order chi connectivity index (χ1) is 11.7. The van der Waals surface area contributed by atoms with Gasteiger partial charge in [0.2, 0.25) is 5.91 Å². The van der Waals surface area contributed by atoms with E-state index in [1.807, 2.05) is 37.3 Å². The topological polar surface area (TPSA) is 54.5 Å². The van der Waals surface area contributed by atoms with Crippen molar-refractivity contribution in [2.24, 2.45) is 0 Å². The van der Waals surface area contributed by atoms with Gasteiger partial charge in [0.05, 0.1) is 11.8 Å². The van der Waals surface area contributed by atoms with Crippen LogP contribution in [0.15, 0.2) is 48.5 Å². The third kappa shape index (κ3) is 5.21. The molecule has 0 N–H and O–H groups in total. The monoisotopic (exact) mass is 399 g/mol. The molecule has 0 radical (unpaired) electrons. The molecule has 0 aliphatic heterocycles. The smallest absolute Gasteiger partial charge is 0.238 e. The highest BCUT2D eigenvalue weighted by Gasteiger charge is 2.25. The highest BCUT2D eigenvalue weighted by molar-refractivity contribution is 7.91. The molecular formula is C18H19Cl2NO3S. The number of nitrogens with zero attached hydrogens (tertiary/aromatic N) is 1. The lowest BCUT2D eigenvalue weighted by Gasteiger charge is -2.25. The quantitative estimate of drug-likeness (QED) is 0.733. The van der Waals surface area contributed by atoms with Gasteiger partial charge in [-0.15, -0.1) is 0 Å². The summed E-state index contributed by atoms with van der Waals surface area (Å²) < 4.78 is 24.8. The van der Waals surface area contributed by atoms with E-state index in [4.69, 9.17) is 23.2 Å². The number of halogens is 2. The lowest BCUT2D eigenvalue weighted by molar-refractivity contribution is -0.129. The molecule has 1 atom stereocenters. The van der Waals surface area contributed by atoms with Gasteiger partial charge in [0, 0.05) is 22.7 Å². The largest absolute Gasteiger partial charge is 0.338 e. The van der Waals surface area contributed by atoms with Crippen molar-refractivity contribution in [3.05, 3.63) is 69.7 Å². The summed E-state index contributed by atoms with van der Waals surface area (Å²) in [6, 6.07) is 14.0. The second-order valence-electron chi connectivity index (χ2n) is 5.82. The molecule has 0 heterocycles. The van der Waals surface area contributed by atoms with Crippen LogP contribution < -0.4 is 0 Å². The highest BCUT2D eigenvalue weighted by Crippen LogP contribution is 2.27. The molecular weight excluding hydrogens is 381 g/mol. The molecule has 0 aliphatic carbocycles. The molecule has 0 unspecified atom stereocenters. The number of amides is 1. The number of hydrogen-bond acceptors (Lipinski definition) is 3. The van der Waals surface area contributed by atoms with Crippen molar-refractivity contribution in [2.75, 3.05) is 12.8 Å². The van der Waals surface area contributed by atoms with E-state index >= 15 is 0 Å².